The monoisotopic (exact) mass is 397 g/mol. The molecule has 3 atom stereocenters. The van der Waals surface area contributed by atoms with E-state index in [0.29, 0.717) is 18.7 Å². The molecule has 1 aromatic heterocycles. The first kappa shape index (κ1) is 20.8. The number of nitrogens with zero attached hydrogens (tertiary/aromatic N) is 2. The Hall–Kier alpha value is -2.93. The first-order chi connectivity index (χ1) is 13.9. The highest BCUT2D eigenvalue weighted by atomic mass is 16.5. The number of methoxy groups -OCH3 is 1. The van der Waals surface area contributed by atoms with Crippen molar-refractivity contribution >= 4 is 11.9 Å². The molecule has 1 aromatic carbocycles. The molecule has 0 unspecified atom stereocenters. The number of nitrogens with one attached hydrogen (secondary N) is 1. The van der Waals surface area contributed by atoms with Crippen molar-refractivity contribution < 1.29 is 19.4 Å². The number of benzene rings is 1. The molecule has 2 N–H and O–H groups in total. The lowest BCUT2D eigenvalue weighted by Gasteiger charge is -2.34. The number of carbonyl (C=O) groups is 2. The normalized spacial score (nSPS) is 24.2. The summed E-state index contributed by atoms with van der Waals surface area (Å²) in [6.07, 6.45) is 2.34. The highest BCUT2D eigenvalue weighted by molar-refractivity contribution is 5.85. The number of likely N-dealkylation sites (tertiary alicyclic amines) is 1. The van der Waals surface area contributed by atoms with Crippen LogP contribution in [0.25, 0.3) is 0 Å². The zero-order chi connectivity index (χ0) is 21.0. The quantitative estimate of drug-likeness (QED) is 0.746. The number of aromatic nitrogens is 1. The van der Waals surface area contributed by atoms with E-state index >= 15 is 0 Å². The fourth-order valence-corrected chi connectivity index (χ4v) is 4.24. The van der Waals surface area contributed by atoms with Crippen LogP contribution in [-0.2, 0) is 16.1 Å². The first-order valence-electron chi connectivity index (χ1n) is 9.71. The minimum atomic E-state index is -1.09. The third-order valence-electron chi connectivity index (χ3n) is 5.98. The molecule has 1 saturated heterocycles. The van der Waals surface area contributed by atoms with Crippen molar-refractivity contribution in [3.63, 3.8) is 0 Å². The van der Waals surface area contributed by atoms with E-state index in [-0.39, 0.29) is 18.4 Å². The fraction of sp³-hybridized carbons (Fsp3) is 0.409. The molecule has 3 rings (SSSR count). The second kappa shape index (κ2) is 8.61. The summed E-state index contributed by atoms with van der Waals surface area (Å²) in [7, 11) is 3.38. The molecule has 2 aromatic rings. The van der Waals surface area contributed by atoms with Crippen molar-refractivity contribution in [3.05, 3.63) is 59.9 Å². The van der Waals surface area contributed by atoms with Gasteiger partial charge in [0, 0.05) is 12.2 Å². The van der Waals surface area contributed by atoms with Gasteiger partial charge in [0.25, 0.3) is 0 Å². The summed E-state index contributed by atoms with van der Waals surface area (Å²) in [5.74, 6) is -0.848. The third kappa shape index (κ3) is 3.96. The molecule has 0 bridgehead atoms. The fourth-order valence-electron chi connectivity index (χ4n) is 4.24. The third-order valence-corrected chi connectivity index (χ3v) is 5.98. The molecule has 2 heterocycles. The van der Waals surface area contributed by atoms with Gasteiger partial charge in [-0.1, -0.05) is 25.1 Å². The summed E-state index contributed by atoms with van der Waals surface area (Å²) >= 11 is 0. The van der Waals surface area contributed by atoms with Gasteiger partial charge in [-0.2, -0.15) is 0 Å². The predicted octanol–water partition coefficient (Wildman–Crippen LogP) is 2.63. The Morgan fingerprint density at radius 1 is 1.28 bits per heavy atom. The van der Waals surface area contributed by atoms with Crippen LogP contribution in [0.5, 0.6) is 5.75 Å². The van der Waals surface area contributed by atoms with E-state index in [1.54, 1.807) is 20.4 Å². The lowest BCUT2D eigenvalue weighted by atomic mass is 9.87. The van der Waals surface area contributed by atoms with Gasteiger partial charge in [0.2, 0.25) is 5.91 Å². The van der Waals surface area contributed by atoms with Crippen LogP contribution < -0.4 is 10.1 Å². The zero-order valence-electron chi connectivity index (χ0n) is 17.0. The van der Waals surface area contributed by atoms with Crippen molar-refractivity contribution in [2.24, 2.45) is 5.92 Å². The molecular weight excluding hydrogens is 370 g/mol. The van der Waals surface area contributed by atoms with Gasteiger partial charge in [-0.25, -0.2) is 0 Å². The molecule has 0 radical (unpaired) electrons. The average Bonchev–Trinajstić information content (AvgIpc) is 3.06. The predicted molar refractivity (Wildman–Crippen MR) is 108 cm³/mol. The molecular formula is C22H27N3O4. The molecule has 0 aliphatic carbocycles. The molecule has 1 aliphatic heterocycles. The Labute approximate surface area is 170 Å². The Morgan fingerprint density at radius 3 is 2.55 bits per heavy atom. The van der Waals surface area contributed by atoms with Gasteiger partial charge < -0.3 is 15.2 Å². The van der Waals surface area contributed by atoms with Crippen molar-refractivity contribution in [3.8, 4) is 5.75 Å². The Bertz CT molecular complexity index is 856. The number of aliphatic carboxylic acids is 1. The summed E-state index contributed by atoms with van der Waals surface area (Å²) in [4.78, 5) is 31.4. The maximum atomic E-state index is 13.1. The van der Waals surface area contributed by atoms with Gasteiger partial charge in [0.05, 0.1) is 25.3 Å². The smallest absolute Gasteiger partial charge is 0.324 e. The van der Waals surface area contributed by atoms with E-state index < -0.39 is 17.4 Å². The van der Waals surface area contributed by atoms with Crippen LogP contribution in [0.3, 0.4) is 0 Å². The Kier molecular flexibility index (Phi) is 6.17. The maximum Gasteiger partial charge on any atom is 0.324 e. The van der Waals surface area contributed by atoms with Gasteiger partial charge >= 0.3 is 5.97 Å². The van der Waals surface area contributed by atoms with E-state index in [4.69, 9.17) is 4.74 Å². The average molecular weight is 397 g/mol. The zero-order valence-corrected chi connectivity index (χ0v) is 17.0. The molecule has 29 heavy (non-hydrogen) atoms. The number of likely N-dealkylation sites (N-methyl/N-ethyl adjacent to an activating group) is 1. The van der Waals surface area contributed by atoms with Crippen LogP contribution in [0.1, 0.15) is 37.1 Å². The number of carbonyl (C=O) groups excluding carboxylic acids is 1. The van der Waals surface area contributed by atoms with Crippen LogP contribution in [-0.4, -0.2) is 46.6 Å². The minimum Gasteiger partial charge on any atom is -0.497 e. The Balaban J connectivity index is 1.89. The summed E-state index contributed by atoms with van der Waals surface area (Å²) in [5.41, 5.74) is 0.563. The molecule has 154 valence electrons. The van der Waals surface area contributed by atoms with Gasteiger partial charge in [0.1, 0.15) is 11.3 Å². The number of hydrogen-bond acceptors (Lipinski definition) is 5. The number of amides is 1. The Morgan fingerprint density at radius 2 is 2.00 bits per heavy atom. The number of carboxylic acids is 1. The molecule has 7 nitrogen and oxygen atoms in total. The van der Waals surface area contributed by atoms with Crippen LogP contribution in [0.4, 0.5) is 0 Å². The van der Waals surface area contributed by atoms with Gasteiger partial charge in [-0.3, -0.25) is 19.5 Å². The second-order valence-electron chi connectivity index (χ2n) is 7.37. The summed E-state index contributed by atoms with van der Waals surface area (Å²) in [6, 6.07) is 12.6. The van der Waals surface area contributed by atoms with Crippen LogP contribution in [0.2, 0.25) is 0 Å². The largest absolute Gasteiger partial charge is 0.497 e. The first-order valence-corrected chi connectivity index (χ1v) is 9.71. The number of rotatable bonds is 7. The van der Waals surface area contributed by atoms with Crippen molar-refractivity contribution in [2.45, 2.75) is 37.9 Å². The highest BCUT2D eigenvalue weighted by Crippen LogP contribution is 2.47. The van der Waals surface area contributed by atoms with Crippen molar-refractivity contribution in [1.29, 1.82) is 0 Å². The minimum absolute atomic E-state index is 0.167. The molecule has 1 fully saturated rings. The van der Waals surface area contributed by atoms with Crippen molar-refractivity contribution in [1.82, 2.24) is 15.2 Å². The van der Waals surface area contributed by atoms with Crippen LogP contribution in [0, 0.1) is 5.92 Å². The van der Waals surface area contributed by atoms with E-state index in [2.05, 4.69) is 10.3 Å². The molecule has 1 amide bonds. The SMILES string of the molecule is CC[C@]1(C(=O)O)C[C@@H](C(=O)NCc2ccccn2)[C@@H](c2ccc(OC)cc2)N1C. The number of ether oxygens (including phenoxy) is 1. The van der Waals surface area contributed by atoms with E-state index in [9.17, 15) is 14.7 Å². The number of pyridine rings is 1. The standard InChI is InChI=1S/C22H27N3O4/c1-4-22(21(27)28)13-18(20(26)24-14-16-7-5-6-12-23-16)19(25(22)2)15-8-10-17(29-3)11-9-15/h5-12,18-19H,4,13-14H2,1-3H3,(H,24,26)(H,27,28)/t18-,19-,22-/m1/s1. The molecule has 1 aliphatic rings. The van der Waals surface area contributed by atoms with Crippen LogP contribution >= 0.6 is 0 Å². The van der Waals surface area contributed by atoms with E-state index in [1.807, 2.05) is 54.3 Å². The van der Waals surface area contributed by atoms with E-state index in [1.165, 1.54) is 0 Å². The summed E-state index contributed by atoms with van der Waals surface area (Å²) in [6.45, 7) is 2.16. The molecule has 7 heteroatoms. The summed E-state index contributed by atoms with van der Waals surface area (Å²) in [5, 5.41) is 12.9. The molecule has 0 spiro atoms. The van der Waals surface area contributed by atoms with Crippen molar-refractivity contribution in [2.75, 3.05) is 14.2 Å². The van der Waals surface area contributed by atoms with Gasteiger partial charge in [0.15, 0.2) is 0 Å². The summed E-state index contributed by atoms with van der Waals surface area (Å²) < 4.78 is 5.23. The van der Waals surface area contributed by atoms with Gasteiger partial charge in [-0.15, -0.1) is 0 Å². The van der Waals surface area contributed by atoms with Gasteiger partial charge in [-0.05, 0) is 49.7 Å². The van der Waals surface area contributed by atoms with E-state index in [0.717, 1.165) is 11.3 Å². The lowest BCUT2D eigenvalue weighted by Crippen LogP contribution is -2.48. The second-order valence-corrected chi connectivity index (χ2v) is 7.37. The number of carboxylic acid groups (broad SMARTS) is 1. The molecule has 0 saturated carbocycles. The number of hydrogen-bond donors (Lipinski definition) is 2. The van der Waals surface area contributed by atoms with Crippen LogP contribution in [0.15, 0.2) is 48.7 Å². The maximum absolute atomic E-state index is 13.1. The topological polar surface area (TPSA) is 91.8 Å². The highest BCUT2D eigenvalue weighted by Gasteiger charge is 2.56. The lowest BCUT2D eigenvalue weighted by molar-refractivity contribution is -0.150.